The Morgan fingerprint density at radius 3 is 2.11 bits per heavy atom. The van der Waals surface area contributed by atoms with Gasteiger partial charge in [0, 0.05) is 38.4 Å². The van der Waals surface area contributed by atoms with E-state index in [0.29, 0.717) is 15.8 Å². The van der Waals surface area contributed by atoms with Gasteiger partial charge in [-0.3, -0.25) is 0 Å². The maximum atomic E-state index is 13.5. The van der Waals surface area contributed by atoms with Gasteiger partial charge in [0.15, 0.2) is 0 Å². The molecule has 186 valence electrons. The monoisotopic (exact) mass is 542 g/mol. The van der Waals surface area contributed by atoms with Crippen molar-refractivity contribution < 1.29 is 17.9 Å². The minimum atomic E-state index is -3.89. The van der Waals surface area contributed by atoms with Crippen LogP contribution in [-0.2, 0) is 23.1 Å². The molecule has 6 nitrogen and oxygen atoms in total. The standard InChI is InChI=1S/C27H24Cl2N2O4S/c1-18-4-8-23(9-5-18)36(33,34)30(17-22-3-2-12-35-22)15-21(32)16-31-26-10-6-19(28)13-24(26)25-14-20(29)7-11-27(25)31/h2-14,21,32H,15-17H2,1H3/t21-/m1/s1. The van der Waals surface area contributed by atoms with Crippen LogP contribution in [0.5, 0.6) is 0 Å². The van der Waals surface area contributed by atoms with Gasteiger partial charge in [-0.15, -0.1) is 0 Å². The topological polar surface area (TPSA) is 75.7 Å². The number of nitrogens with zero attached hydrogens (tertiary/aromatic N) is 2. The van der Waals surface area contributed by atoms with Gasteiger partial charge in [0.25, 0.3) is 0 Å². The van der Waals surface area contributed by atoms with E-state index in [1.165, 1.54) is 10.6 Å². The third-order valence-corrected chi connectivity index (χ3v) is 8.46. The molecule has 0 bridgehead atoms. The first-order valence-electron chi connectivity index (χ1n) is 11.4. The quantitative estimate of drug-likeness (QED) is 0.251. The molecule has 0 aliphatic rings. The van der Waals surface area contributed by atoms with Crippen LogP contribution in [0.4, 0.5) is 0 Å². The molecule has 0 saturated heterocycles. The van der Waals surface area contributed by atoms with E-state index in [-0.39, 0.29) is 24.5 Å². The lowest BCUT2D eigenvalue weighted by molar-refractivity contribution is 0.126. The molecule has 0 aliphatic heterocycles. The molecule has 1 atom stereocenters. The maximum Gasteiger partial charge on any atom is 0.243 e. The molecule has 2 heterocycles. The van der Waals surface area contributed by atoms with Gasteiger partial charge in [-0.05, 0) is 67.6 Å². The number of sulfonamides is 1. The highest BCUT2D eigenvalue weighted by Gasteiger charge is 2.28. The fourth-order valence-electron chi connectivity index (χ4n) is 4.43. The number of aliphatic hydroxyl groups is 1. The fraction of sp³-hybridized carbons (Fsp3) is 0.185. The molecule has 5 rings (SSSR count). The molecule has 3 aromatic carbocycles. The van der Waals surface area contributed by atoms with Crippen LogP contribution in [0.25, 0.3) is 21.8 Å². The van der Waals surface area contributed by atoms with Gasteiger partial charge in [0.05, 0.1) is 30.4 Å². The number of aromatic nitrogens is 1. The van der Waals surface area contributed by atoms with Gasteiger partial charge in [0.1, 0.15) is 5.76 Å². The lowest BCUT2D eigenvalue weighted by atomic mass is 10.1. The molecule has 0 fully saturated rings. The summed E-state index contributed by atoms with van der Waals surface area (Å²) in [5.74, 6) is 0.485. The van der Waals surface area contributed by atoms with Crippen molar-refractivity contribution >= 4 is 55.0 Å². The van der Waals surface area contributed by atoms with Crippen molar-refractivity contribution in [1.29, 1.82) is 0 Å². The first-order chi connectivity index (χ1) is 17.2. The summed E-state index contributed by atoms with van der Waals surface area (Å²) < 4.78 is 35.7. The van der Waals surface area contributed by atoms with Gasteiger partial charge in [-0.25, -0.2) is 8.42 Å². The van der Waals surface area contributed by atoms with Crippen molar-refractivity contribution in [2.24, 2.45) is 0 Å². The van der Waals surface area contributed by atoms with Crippen LogP contribution in [-0.4, -0.2) is 35.0 Å². The minimum Gasteiger partial charge on any atom is -0.468 e. The van der Waals surface area contributed by atoms with Gasteiger partial charge >= 0.3 is 0 Å². The number of aryl methyl sites for hydroxylation is 1. The normalized spacial score (nSPS) is 13.1. The Labute approximate surface area is 219 Å². The number of benzene rings is 3. The third kappa shape index (κ3) is 4.90. The highest BCUT2D eigenvalue weighted by atomic mass is 35.5. The van der Waals surface area contributed by atoms with Crippen LogP contribution in [0.3, 0.4) is 0 Å². The first kappa shape index (κ1) is 24.9. The average molecular weight is 543 g/mol. The summed E-state index contributed by atoms with van der Waals surface area (Å²) in [6.45, 7) is 1.94. The molecule has 0 aliphatic carbocycles. The van der Waals surface area contributed by atoms with E-state index in [1.54, 1.807) is 48.5 Å². The second-order valence-corrected chi connectivity index (χ2v) is 11.6. The maximum absolute atomic E-state index is 13.5. The predicted molar refractivity (Wildman–Crippen MR) is 143 cm³/mol. The summed E-state index contributed by atoms with van der Waals surface area (Å²) in [5.41, 5.74) is 2.70. The van der Waals surface area contributed by atoms with Gasteiger partial charge in [0.2, 0.25) is 10.0 Å². The second-order valence-electron chi connectivity index (χ2n) is 8.78. The Balaban J connectivity index is 1.50. The lowest BCUT2D eigenvalue weighted by Gasteiger charge is -2.25. The van der Waals surface area contributed by atoms with E-state index < -0.39 is 16.1 Å². The summed E-state index contributed by atoms with van der Waals surface area (Å²) in [6.07, 6.45) is 0.488. The average Bonchev–Trinajstić information content (AvgIpc) is 3.45. The molecule has 0 amide bonds. The number of furan rings is 1. The number of halogens is 2. The molecule has 2 aromatic heterocycles. The van der Waals surface area contributed by atoms with E-state index in [2.05, 4.69) is 0 Å². The summed E-state index contributed by atoms with van der Waals surface area (Å²) in [4.78, 5) is 0.160. The Morgan fingerprint density at radius 1 is 0.944 bits per heavy atom. The molecule has 0 unspecified atom stereocenters. The predicted octanol–water partition coefficient (Wildman–Crippen LogP) is 6.25. The van der Waals surface area contributed by atoms with E-state index >= 15 is 0 Å². The highest BCUT2D eigenvalue weighted by molar-refractivity contribution is 7.89. The lowest BCUT2D eigenvalue weighted by Crippen LogP contribution is -2.38. The zero-order chi connectivity index (χ0) is 25.4. The van der Waals surface area contributed by atoms with Crippen molar-refractivity contribution in [1.82, 2.24) is 8.87 Å². The molecule has 5 aromatic rings. The van der Waals surface area contributed by atoms with E-state index in [1.807, 2.05) is 35.8 Å². The van der Waals surface area contributed by atoms with Crippen molar-refractivity contribution in [2.75, 3.05) is 6.54 Å². The molecule has 0 radical (unpaired) electrons. The van der Waals surface area contributed by atoms with Gasteiger partial charge < -0.3 is 14.1 Å². The number of hydrogen-bond donors (Lipinski definition) is 1. The van der Waals surface area contributed by atoms with Crippen LogP contribution < -0.4 is 0 Å². The van der Waals surface area contributed by atoms with Gasteiger partial charge in [-0.1, -0.05) is 40.9 Å². The van der Waals surface area contributed by atoms with Crippen LogP contribution in [0.2, 0.25) is 10.0 Å². The van der Waals surface area contributed by atoms with E-state index in [4.69, 9.17) is 27.6 Å². The molecule has 36 heavy (non-hydrogen) atoms. The largest absolute Gasteiger partial charge is 0.468 e. The smallest absolute Gasteiger partial charge is 0.243 e. The molecule has 9 heteroatoms. The van der Waals surface area contributed by atoms with Crippen molar-refractivity contribution in [2.45, 2.75) is 31.0 Å². The summed E-state index contributed by atoms with van der Waals surface area (Å²) >= 11 is 12.5. The first-order valence-corrected chi connectivity index (χ1v) is 13.6. The molecular weight excluding hydrogens is 519 g/mol. The van der Waals surface area contributed by atoms with Crippen LogP contribution in [0.1, 0.15) is 11.3 Å². The summed E-state index contributed by atoms with van der Waals surface area (Å²) in [7, 11) is -3.89. The number of rotatable bonds is 8. The Bertz CT molecular complexity index is 1570. The van der Waals surface area contributed by atoms with Crippen molar-refractivity contribution in [3.63, 3.8) is 0 Å². The summed E-state index contributed by atoms with van der Waals surface area (Å²) in [5, 5.41) is 14.2. The molecule has 1 N–H and O–H groups in total. The minimum absolute atomic E-state index is 0.00133. The zero-order valence-electron chi connectivity index (χ0n) is 19.4. The van der Waals surface area contributed by atoms with Gasteiger partial charge in [-0.2, -0.15) is 4.31 Å². The van der Waals surface area contributed by atoms with Crippen molar-refractivity contribution in [3.05, 3.63) is 100 Å². The SMILES string of the molecule is Cc1ccc(S(=O)(=O)N(Cc2ccco2)C[C@@H](O)Cn2c3ccc(Cl)cc3c3cc(Cl)ccc32)cc1. The van der Waals surface area contributed by atoms with Crippen molar-refractivity contribution in [3.8, 4) is 0 Å². The fourth-order valence-corrected chi connectivity index (χ4v) is 6.22. The second kappa shape index (κ2) is 9.92. The molecule has 0 spiro atoms. The van der Waals surface area contributed by atoms with E-state index in [9.17, 15) is 13.5 Å². The zero-order valence-corrected chi connectivity index (χ0v) is 21.8. The molecule has 0 saturated carbocycles. The van der Waals surface area contributed by atoms with Crippen LogP contribution in [0.15, 0.2) is 88.4 Å². The molecular formula is C27H24Cl2N2O4S. The number of fused-ring (bicyclic) bond motifs is 3. The Hall–Kier alpha value is -2.81. The number of hydrogen-bond acceptors (Lipinski definition) is 4. The number of aliphatic hydroxyl groups excluding tert-OH is 1. The van der Waals surface area contributed by atoms with E-state index in [0.717, 1.165) is 27.4 Å². The Kier molecular flexibility index (Phi) is 6.85. The highest BCUT2D eigenvalue weighted by Crippen LogP contribution is 2.33. The van der Waals surface area contributed by atoms with Crippen LogP contribution >= 0.6 is 23.2 Å². The third-order valence-electron chi connectivity index (χ3n) is 6.17. The Morgan fingerprint density at radius 2 is 1.56 bits per heavy atom. The van der Waals surface area contributed by atoms with Crippen LogP contribution in [0, 0.1) is 6.92 Å². The summed E-state index contributed by atoms with van der Waals surface area (Å²) in [6, 6.07) is 21.2.